The Bertz CT molecular complexity index is 678. The molecule has 3 atom stereocenters. The van der Waals surface area contributed by atoms with Gasteiger partial charge in [-0.1, -0.05) is 0 Å². The summed E-state index contributed by atoms with van der Waals surface area (Å²) >= 11 is 0. The lowest BCUT2D eigenvalue weighted by Gasteiger charge is -2.30. The number of aromatic nitrogens is 1. The Morgan fingerprint density at radius 3 is 3.10 bits per heavy atom. The molecule has 2 saturated heterocycles. The predicted octanol–water partition coefficient (Wildman–Crippen LogP) is 2.07. The first-order valence-electron chi connectivity index (χ1n) is 7.79. The molecular weight excluding hydrogens is 262 g/mol. The van der Waals surface area contributed by atoms with E-state index in [2.05, 4.69) is 33.8 Å². The molecule has 4 heteroatoms. The smallest absolute Gasteiger partial charge is 0.251 e. The highest BCUT2D eigenvalue weighted by atomic mass is 16.1. The molecule has 1 amide bonds. The fraction of sp³-hybridized carbons (Fsp3) is 0.471. The molecule has 0 aromatic carbocycles. The molecule has 2 fully saturated rings. The summed E-state index contributed by atoms with van der Waals surface area (Å²) in [6, 6.07) is 6.28. The van der Waals surface area contributed by atoms with Crippen LogP contribution in [0.2, 0.25) is 0 Å². The third-order valence-electron chi connectivity index (χ3n) is 4.80. The van der Waals surface area contributed by atoms with E-state index in [1.807, 2.05) is 18.3 Å². The van der Waals surface area contributed by atoms with Gasteiger partial charge in [-0.2, -0.15) is 0 Å². The number of amides is 1. The van der Waals surface area contributed by atoms with Gasteiger partial charge in [-0.05, 0) is 56.0 Å². The third-order valence-corrected chi connectivity index (χ3v) is 4.80. The molecule has 0 spiro atoms. The number of carbonyl (C=O) groups excluding carboxylic acids is 1. The number of piperidine rings is 1. The minimum atomic E-state index is 0.0591. The molecule has 1 N–H and O–H groups in total. The fourth-order valence-corrected chi connectivity index (χ4v) is 3.83. The van der Waals surface area contributed by atoms with Crippen molar-refractivity contribution < 1.29 is 4.79 Å². The lowest BCUT2D eigenvalue weighted by molar-refractivity contribution is 0.0909. The fourth-order valence-electron chi connectivity index (χ4n) is 3.83. The lowest BCUT2D eigenvalue weighted by atomic mass is 9.96. The first-order chi connectivity index (χ1) is 10.2. The van der Waals surface area contributed by atoms with Gasteiger partial charge in [-0.25, -0.2) is 0 Å². The van der Waals surface area contributed by atoms with Gasteiger partial charge in [0.1, 0.15) is 0 Å². The highest BCUT2D eigenvalue weighted by Crippen LogP contribution is 2.26. The monoisotopic (exact) mass is 283 g/mol. The van der Waals surface area contributed by atoms with Crippen molar-refractivity contribution in [1.82, 2.24) is 14.6 Å². The molecule has 0 aliphatic carbocycles. The summed E-state index contributed by atoms with van der Waals surface area (Å²) in [5, 5.41) is 3.22. The summed E-state index contributed by atoms with van der Waals surface area (Å²) in [7, 11) is 0. The van der Waals surface area contributed by atoms with E-state index in [1.165, 1.54) is 25.1 Å². The van der Waals surface area contributed by atoms with E-state index in [4.69, 9.17) is 0 Å². The van der Waals surface area contributed by atoms with Crippen molar-refractivity contribution in [3.8, 4) is 0 Å². The first-order valence-corrected chi connectivity index (χ1v) is 7.79. The molecule has 110 valence electrons. The molecule has 4 heterocycles. The van der Waals surface area contributed by atoms with E-state index in [-0.39, 0.29) is 5.91 Å². The van der Waals surface area contributed by atoms with Gasteiger partial charge in [0.2, 0.25) is 0 Å². The molecule has 1 unspecified atom stereocenters. The number of fused-ring (bicyclic) bond motifs is 3. The Hall–Kier alpha value is -1.81. The van der Waals surface area contributed by atoms with E-state index in [9.17, 15) is 4.79 Å². The van der Waals surface area contributed by atoms with Crippen molar-refractivity contribution in [3.05, 3.63) is 41.7 Å². The molecule has 2 aromatic heterocycles. The summed E-state index contributed by atoms with van der Waals surface area (Å²) in [4.78, 5) is 14.9. The van der Waals surface area contributed by atoms with Gasteiger partial charge in [0.25, 0.3) is 5.91 Å². The van der Waals surface area contributed by atoms with Crippen LogP contribution >= 0.6 is 0 Å². The lowest BCUT2D eigenvalue weighted by Crippen LogP contribution is -2.47. The molecule has 21 heavy (non-hydrogen) atoms. The van der Waals surface area contributed by atoms with Crippen molar-refractivity contribution in [2.24, 2.45) is 5.92 Å². The Labute approximate surface area is 124 Å². The summed E-state index contributed by atoms with van der Waals surface area (Å²) in [6.45, 7) is 5.50. The predicted molar refractivity (Wildman–Crippen MR) is 82.6 cm³/mol. The minimum absolute atomic E-state index is 0.0591. The minimum Gasteiger partial charge on any atom is -0.348 e. The van der Waals surface area contributed by atoms with E-state index >= 15 is 0 Å². The van der Waals surface area contributed by atoms with Gasteiger partial charge in [0.15, 0.2) is 0 Å². The topological polar surface area (TPSA) is 36.8 Å². The molecule has 0 radical (unpaired) electrons. The van der Waals surface area contributed by atoms with Gasteiger partial charge >= 0.3 is 0 Å². The van der Waals surface area contributed by atoms with E-state index in [0.29, 0.717) is 6.04 Å². The Morgan fingerprint density at radius 2 is 2.24 bits per heavy atom. The van der Waals surface area contributed by atoms with E-state index in [0.717, 1.165) is 30.0 Å². The average molecular weight is 283 g/mol. The SMILES string of the molecule is Cc1cc2cc(C(=O)N[C@@H]3C[C@@H]4CCN(C4)C3)ccn2c1. The average Bonchev–Trinajstić information content (AvgIpc) is 2.99. The number of hydrogen-bond donors (Lipinski definition) is 1. The largest absolute Gasteiger partial charge is 0.348 e. The molecule has 2 aromatic rings. The van der Waals surface area contributed by atoms with Gasteiger partial charge in [-0.15, -0.1) is 0 Å². The zero-order valence-corrected chi connectivity index (χ0v) is 12.4. The van der Waals surface area contributed by atoms with Crippen molar-refractivity contribution in [2.45, 2.75) is 25.8 Å². The van der Waals surface area contributed by atoms with Gasteiger partial charge in [-0.3, -0.25) is 4.79 Å². The highest BCUT2D eigenvalue weighted by Gasteiger charge is 2.32. The maximum atomic E-state index is 12.5. The van der Waals surface area contributed by atoms with Crippen LogP contribution in [-0.4, -0.2) is 40.9 Å². The van der Waals surface area contributed by atoms with Crippen molar-refractivity contribution in [3.63, 3.8) is 0 Å². The number of pyridine rings is 1. The maximum Gasteiger partial charge on any atom is 0.251 e. The molecule has 2 aliphatic heterocycles. The number of aryl methyl sites for hydroxylation is 1. The second kappa shape index (κ2) is 4.88. The molecular formula is C17H21N3O. The molecule has 2 bridgehead atoms. The number of nitrogens with zero attached hydrogens (tertiary/aromatic N) is 2. The summed E-state index contributed by atoms with van der Waals surface area (Å²) in [6.07, 6.45) is 6.46. The van der Waals surface area contributed by atoms with Crippen LogP contribution in [0.5, 0.6) is 0 Å². The van der Waals surface area contributed by atoms with Crippen LogP contribution in [0, 0.1) is 12.8 Å². The molecule has 0 saturated carbocycles. The first kappa shape index (κ1) is 12.9. The Kier molecular flexibility index (Phi) is 3.00. The third kappa shape index (κ3) is 2.44. The van der Waals surface area contributed by atoms with Crippen LogP contribution in [0.15, 0.2) is 30.6 Å². The second-order valence-corrected chi connectivity index (χ2v) is 6.59. The van der Waals surface area contributed by atoms with Crippen molar-refractivity contribution in [1.29, 1.82) is 0 Å². The van der Waals surface area contributed by atoms with Crippen LogP contribution < -0.4 is 5.32 Å². The second-order valence-electron chi connectivity index (χ2n) is 6.59. The Balaban J connectivity index is 1.50. The number of carbonyl (C=O) groups is 1. The highest BCUT2D eigenvalue weighted by molar-refractivity contribution is 5.95. The quantitative estimate of drug-likeness (QED) is 0.916. The zero-order valence-electron chi connectivity index (χ0n) is 12.4. The van der Waals surface area contributed by atoms with Crippen LogP contribution in [-0.2, 0) is 0 Å². The maximum absolute atomic E-state index is 12.5. The zero-order chi connectivity index (χ0) is 14.4. The normalized spacial score (nSPS) is 28.0. The number of nitrogens with one attached hydrogen (secondary N) is 1. The summed E-state index contributed by atoms with van der Waals surface area (Å²) in [5.41, 5.74) is 3.05. The molecule has 4 nitrogen and oxygen atoms in total. The summed E-state index contributed by atoms with van der Waals surface area (Å²) in [5.74, 6) is 0.837. The summed E-state index contributed by atoms with van der Waals surface area (Å²) < 4.78 is 2.05. The van der Waals surface area contributed by atoms with Gasteiger partial charge in [0.05, 0.1) is 0 Å². The van der Waals surface area contributed by atoms with Crippen molar-refractivity contribution >= 4 is 11.4 Å². The van der Waals surface area contributed by atoms with Gasteiger partial charge in [0, 0.05) is 42.6 Å². The van der Waals surface area contributed by atoms with Crippen LogP contribution in [0.4, 0.5) is 0 Å². The van der Waals surface area contributed by atoms with Crippen LogP contribution in [0.3, 0.4) is 0 Å². The number of rotatable bonds is 2. The van der Waals surface area contributed by atoms with Crippen LogP contribution in [0.25, 0.3) is 5.52 Å². The molecule has 4 rings (SSSR count). The van der Waals surface area contributed by atoms with E-state index < -0.39 is 0 Å². The Morgan fingerprint density at radius 1 is 1.33 bits per heavy atom. The standard InChI is InChI=1S/C17H21N3O/c1-12-6-16-8-14(3-5-20(16)9-12)17(21)18-15-7-13-2-4-19(10-13)11-15/h3,5-6,8-9,13,15H,2,4,7,10-11H2,1H3,(H,18,21)/t13-,15+/m0/s1. The molecule has 2 aliphatic rings. The van der Waals surface area contributed by atoms with Gasteiger partial charge < -0.3 is 14.6 Å². The van der Waals surface area contributed by atoms with Crippen LogP contribution in [0.1, 0.15) is 28.8 Å². The number of hydrogen-bond acceptors (Lipinski definition) is 2. The van der Waals surface area contributed by atoms with E-state index in [1.54, 1.807) is 0 Å². The van der Waals surface area contributed by atoms with Crippen molar-refractivity contribution in [2.75, 3.05) is 19.6 Å².